The van der Waals surface area contributed by atoms with E-state index in [1.807, 2.05) is 0 Å². The molecule has 1 N–H and O–H groups in total. The Hall–Kier alpha value is -1.84. The standard InChI is InChI=1S/C25H33NO3/c1-17-2-4-21(5-3-17)24-12-19-10-20(13-24)15-25(14-19,16-24)23(29)26-8-6-18(7-9-26)11-22(27)28/h2-5,18-20H,6-16H2,1H3,(H,27,28). The zero-order valence-corrected chi connectivity index (χ0v) is 17.5. The summed E-state index contributed by atoms with van der Waals surface area (Å²) in [4.78, 5) is 26.9. The molecule has 4 bridgehead atoms. The summed E-state index contributed by atoms with van der Waals surface area (Å²) < 4.78 is 0. The number of carboxylic acid groups (broad SMARTS) is 1. The van der Waals surface area contributed by atoms with Gasteiger partial charge >= 0.3 is 5.97 Å². The van der Waals surface area contributed by atoms with E-state index < -0.39 is 5.97 Å². The second-order valence-electron chi connectivity index (χ2n) is 10.7. The first-order valence-electron chi connectivity index (χ1n) is 11.5. The van der Waals surface area contributed by atoms with Gasteiger partial charge in [-0.3, -0.25) is 9.59 Å². The summed E-state index contributed by atoms with van der Waals surface area (Å²) in [5, 5.41) is 9.07. The van der Waals surface area contributed by atoms with Gasteiger partial charge in [0.15, 0.2) is 0 Å². The van der Waals surface area contributed by atoms with Gasteiger partial charge in [0.25, 0.3) is 0 Å². The summed E-state index contributed by atoms with van der Waals surface area (Å²) in [7, 11) is 0. The van der Waals surface area contributed by atoms with Crippen molar-refractivity contribution < 1.29 is 14.7 Å². The average molecular weight is 396 g/mol. The number of hydrogen-bond acceptors (Lipinski definition) is 2. The van der Waals surface area contributed by atoms with Gasteiger partial charge in [-0.15, -0.1) is 0 Å². The molecule has 4 heteroatoms. The van der Waals surface area contributed by atoms with Crippen LogP contribution in [0.4, 0.5) is 0 Å². The van der Waals surface area contributed by atoms with Gasteiger partial charge in [-0.25, -0.2) is 0 Å². The molecule has 1 aromatic rings. The Kier molecular flexibility index (Phi) is 4.52. The molecule has 0 radical (unpaired) electrons. The fraction of sp³-hybridized carbons (Fsp3) is 0.680. The zero-order valence-electron chi connectivity index (χ0n) is 17.5. The Morgan fingerprint density at radius 2 is 1.66 bits per heavy atom. The van der Waals surface area contributed by atoms with Gasteiger partial charge < -0.3 is 10.0 Å². The highest BCUT2D eigenvalue weighted by atomic mass is 16.4. The maximum atomic E-state index is 13.8. The van der Waals surface area contributed by atoms with Crippen molar-refractivity contribution in [2.45, 2.75) is 70.1 Å². The van der Waals surface area contributed by atoms with Crippen LogP contribution < -0.4 is 0 Å². The van der Waals surface area contributed by atoms with Crippen LogP contribution in [0.3, 0.4) is 0 Å². The molecule has 156 valence electrons. The Balaban J connectivity index is 1.37. The summed E-state index contributed by atoms with van der Waals surface area (Å²) in [6.07, 6.45) is 8.90. The maximum Gasteiger partial charge on any atom is 0.303 e. The number of hydrogen-bond donors (Lipinski definition) is 1. The molecule has 1 amide bonds. The number of nitrogens with zero attached hydrogens (tertiary/aromatic N) is 1. The predicted molar refractivity (Wildman–Crippen MR) is 112 cm³/mol. The van der Waals surface area contributed by atoms with E-state index in [2.05, 4.69) is 36.1 Å². The first-order valence-corrected chi connectivity index (χ1v) is 11.5. The zero-order chi connectivity index (χ0) is 20.2. The molecular weight excluding hydrogens is 362 g/mol. The lowest BCUT2D eigenvalue weighted by atomic mass is 9.42. The number of carboxylic acids is 1. The van der Waals surface area contributed by atoms with Crippen molar-refractivity contribution in [1.29, 1.82) is 0 Å². The van der Waals surface area contributed by atoms with Crippen molar-refractivity contribution in [2.75, 3.05) is 13.1 Å². The summed E-state index contributed by atoms with van der Waals surface area (Å²) in [6.45, 7) is 3.62. The molecule has 1 aromatic carbocycles. The van der Waals surface area contributed by atoms with Crippen molar-refractivity contribution in [3.8, 4) is 0 Å². The van der Waals surface area contributed by atoms with Crippen molar-refractivity contribution >= 4 is 11.9 Å². The third-order valence-electron chi connectivity index (χ3n) is 8.54. The van der Waals surface area contributed by atoms with Crippen LogP contribution >= 0.6 is 0 Å². The van der Waals surface area contributed by atoms with Crippen molar-refractivity contribution in [3.63, 3.8) is 0 Å². The summed E-state index contributed by atoms with van der Waals surface area (Å²) >= 11 is 0. The SMILES string of the molecule is Cc1ccc(C23CC4CC(CC(C(=O)N5CCC(CC(=O)O)CC5)(C4)C2)C3)cc1. The lowest BCUT2D eigenvalue weighted by Crippen LogP contribution is -2.60. The summed E-state index contributed by atoms with van der Waals surface area (Å²) in [5.74, 6) is 1.27. The summed E-state index contributed by atoms with van der Waals surface area (Å²) in [5.41, 5.74) is 2.77. The van der Waals surface area contributed by atoms with E-state index in [1.54, 1.807) is 0 Å². The molecule has 29 heavy (non-hydrogen) atoms. The van der Waals surface area contributed by atoms with E-state index in [0.29, 0.717) is 17.7 Å². The van der Waals surface area contributed by atoms with Crippen molar-refractivity contribution in [2.24, 2.45) is 23.2 Å². The Labute approximate surface area is 173 Å². The van der Waals surface area contributed by atoms with Gasteiger partial charge in [-0.05, 0) is 87.0 Å². The largest absolute Gasteiger partial charge is 0.481 e. The lowest BCUT2D eigenvalue weighted by molar-refractivity contribution is -0.161. The molecule has 0 aromatic heterocycles. The molecule has 2 atom stereocenters. The molecule has 6 rings (SSSR count). The minimum atomic E-state index is -0.712. The Morgan fingerprint density at radius 1 is 1.03 bits per heavy atom. The van der Waals surface area contributed by atoms with E-state index in [-0.39, 0.29) is 23.2 Å². The minimum Gasteiger partial charge on any atom is -0.481 e. The fourth-order valence-electron chi connectivity index (χ4n) is 7.68. The monoisotopic (exact) mass is 395 g/mol. The van der Waals surface area contributed by atoms with Gasteiger partial charge in [-0.2, -0.15) is 0 Å². The average Bonchev–Trinajstić information content (AvgIpc) is 2.67. The van der Waals surface area contributed by atoms with Gasteiger partial charge in [0.05, 0.1) is 5.41 Å². The summed E-state index contributed by atoms with van der Waals surface area (Å²) in [6, 6.07) is 9.10. The maximum absolute atomic E-state index is 13.8. The van der Waals surface area contributed by atoms with E-state index in [9.17, 15) is 9.59 Å². The Morgan fingerprint density at radius 3 is 2.24 bits per heavy atom. The second-order valence-corrected chi connectivity index (χ2v) is 10.7. The van der Waals surface area contributed by atoms with Gasteiger partial charge in [0.1, 0.15) is 0 Å². The first kappa shape index (κ1) is 19.1. The second kappa shape index (κ2) is 6.85. The predicted octanol–water partition coefficient (Wildman–Crippen LogP) is 4.55. The number of benzene rings is 1. The highest BCUT2D eigenvalue weighted by Crippen LogP contribution is 2.66. The lowest BCUT2D eigenvalue weighted by Gasteiger charge is -2.62. The number of aliphatic carboxylic acids is 1. The van der Waals surface area contributed by atoms with E-state index in [4.69, 9.17) is 5.11 Å². The van der Waals surface area contributed by atoms with Crippen molar-refractivity contribution in [1.82, 2.24) is 4.90 Å². The van der Waals surface area contributed by atoms with E-state index in [0.717, 1.165) is 45.2 Å². The molecule has 1 heterocycles. The topological polar surface area (TPSA) is 57.6 Å². The number of likely N-dealkylation sites (tertiary alicyclic amines) is 1. The fourth-order valence-corrected chi connectivity index (χ4v) is 7.68. The molecule has 2 unspecified atom stereocenters. The van der Waals surface area contributed by atoms with Crippen LogP contribution in [-0.4, -0.2) is 35.0 Å². The van der Waals surface area contributed by atoms with E-state index in [1.165, 1.54) is 30.4 Å². The third-order valence-corrected chi connectivity index (χ3v) is 8.54. The van der Waals surface area contributed by atoms with Crippen molar-refractivity contribution in [3.05, 3.63) is 35.4 Å². The molecule has 5 fully saturated rings. The van der Waals surface area contributed by atoms with Crippen LogP contribution in [0.1, 0.15) is 68.9 Å². The Bertz CT molecular complexity index is 792. The molecule has 4 saturated carbocycles. The van der Waals surface area contributed by atoms with Crippen LogP contribution in [0.2, 0.25) is 0 Å². The smallest absolute Gasteiger partial charge is 0.303 e. The molecule has 1 aliphatic heterocycles. The number of amides is 1. The minimum absolute atomic E-state index is 0.172. The molecule has 5 aliphatic rings. The van der Waals surface area contributed by atoms with Gasteiger partial charge in [0, 0.05) is 19.5 Å². The number of carbonyl (C=O) groups excluding carboxylic acids is 1. The molecule has 1 saturated heterocycles. The van der Waals surface area contributed by atoms with Gasteiger partial charge in [0.2, 0.25) is 5.91 Å². The van der Waals surface area contributed by atoms with Crippen LogP contribution in [-0.2, 0) is 15.0 Å². The number of carbonyl (C=O) groups is 2. The van der Waals surface area contributed by atoms with Crippen LogP contribution in [0, 0.1) is 30.1 Å². The van der Waals surface area contributed by atoms with Gasteiger partial charge in [-0.1, -0.05) is 29.8 Å². The molecule has 4 nitrogen and oxygen atoms in total. The number of aryl methyl sites for hydroxylation is 1. The van der Waals surface area contributed by atoms with Crippen LogP contribution in [0.25, 0.3) is 0 Å². The highest BCUT2D eigenvalue weighted by molar-refractivity contribution is 5.84. The third kappa shape index (κ3) is 3.29. The van der Waals surface area contributed by atoms with Crippen LogP contribution in [0.5, 0.6) is 0 Å². The normalized spacial score (nSPS) is 36.4. The molecule has 0 spiro atoms. The highest BCUT2D eigenvalue weighted by Gasteiger charge is 2.61. The number of piperidine rings is 1. The first-order chi connectivity index (χ1) is 13.9. The number of rotatable bonds is 4. The molecular formula is C25H33NO3. The van der Waals surface area contributed by atoms with Crippen LogP contribution in [0.15, 0.2) is 24.3 Å². The quantitative estimate of drug-likeness (QED) is 0.814. The molecule has 4 aliphatic carbocycles. The van der Waals surface area contributed by atoms with E-state index >= 15 is 0 Å².